The third-order valence-corrected chi connectivity index (χ3v) is 7.61. The van der Waals surface area contributed by atoms with Crippen LogP contribution in [0.25, 0.3) is 0 Å². The van der Waals surface area contributed by atoms with E-state index >= 15 is 0 Å². The van der Waals surface area contributed by atoms with E-state index in [-0.39, 0.29) is 36.5 Å². The van der Waals surface area contributed by atoms with Gasteiger partial charge in [-0.2, -0.15) is 4.39 Å². The second-order valence-corrected chi connectivity index (χ2v) is 10.8. The standard InChI is InChI=1S/C33H43F3O5/c1-3-5-7-8-9-10-22-39-29-21-20-27(30(35)31(29)36)32(37)40-25-16-12-23(13-17-25)24-14-18-26(19-15-24)41-33(38)28(34)11-6-4-2/h12-13,16-17,20-21,24,26,28H,3-11,14-15,18-19,22H2,1-2H3/t24-,26-,28-/m1/s1. The van der Waals surface area contributed by atoms with E-state index in [1.807, 2.05) is 19.1 Å². The normalized spacial score (nSPS) is 17.6. The van der Waals surface area contributed by atoms with Crippen molar-refractivity contribution in [3.63, 3.8) is 0 Å². The average Bonchev–Trinajstić information content (AvgIpc) is 2.98. The SMILES string of the molecule is CCCCCCCCOc1ccc(C(=O)Oc2ccc([C@H]3CC[C@H](OC(=O)[C@H](F)CCCC)CC3)cc2)c(F)c1F. The number of hydrogen-bond acceptors (Lipinski definition) is 5. The Morgan fingerprint density at radius 3 is 2.17 bits per heavy atom. The quantitative estimate of drug-likeness (QED) is 0.113. The van der Waals surface area contributed by atoms with Crippen molar-refractivity contribution >= 4 is 11.9 Å². The van der Waals surface area contributed by atoms with E-state index in [2.05, 4.69) is 6.92 Å². The van der Waals surface area contributed by atoms with Crippen LogP contribution >= 0.6 is 0 Å². The minimum Gasteiger partial charge on any atom is -0.490 e. The summed E-state index contributed by atoms with van der Waals surface area (Å²) in [4.78, 5) is 24.5. The average molecular weight is 577 g/mol. The first-order chi connectivity index (χ1) is 19.8. The molecule has 41 heavy (non-hydrogen) atoms. The Morgan fingerprint density at radius 1 is 0.829 bits per heavy atom. The van der Waals surface area contributed by atoms with Crippen LogP contribution < -0.4 is 9.47 Å². The summed E-state index contributed by atoms with van der Waals surface area (Å²) in [6.07, 6.45) is 8.99. The molecule has 226 valence electrons. The maximum atomic E-state index is 14.6. The van der Waals surface area contributed by atoms with Crippen LogP contribution in [0.2, 0.25) is 0 Å². The van der Waals surface area contributed by atoms with Crippen molar-refractivity contribution in [3.8, 4) is 11.5 Å². The van der Waals surface area contributed by atoms with Crippen molar-refractivity contribution in [3.05, 3.63) is 59.2 Å². The fourth-order valence-electron chi connectivity index (χ4n) is 5.09. The molecule has 0 radical (unpaired) electrons. The van der Waals surface area contributed by atoms with Crippen molar-refractivity contribution in [2.45, 2.75) is 116 Å². The van der Waals surface area contributed by atoms with Crippen LogP contribution in [0.5, 0.6) is 11.5 Å². The van der Waals surface area contributed by atoms with Gasteiger partial charge in [-0.3, -0.25) is 0 Å². The first kappa shape index (κ1) is 32.5. The summed E-state index contributed by atoms with van der Waals surface area (Å²) in [7, 11) is 0. The lowest BCUT2D eigenvalue weighted by atomic mass is 9.83. The number of unbranched alkanes of at least 4 members (excludes halogenated alkanes) is 6. The molecule has 0 amide bonds. The number of carbonyl (C=O) groups is 2. The molecule has 1 aliphatic rings. The fraction of sp³-hybridized carbons (Fsp3) is 0.576. The predicted octanol–water partition coefficient (Wildman–Crippen LogP) is 9.02. The van der Waals surface area contributed by atoms with Crippen LogP contribution in [0.1, 0.15) is 119 Å². The Kier molecular flexibility index (Phi) is 13.5. The third kappa shape index (κ3) is 10.1. The monoisotopic (exact) mass is 576 g/mol. The minimum atomic E-state index is -1.56. The second-order valence-electron chi connectivity index (χ2n) is 10.8. The summed E-state index contributed by atoms with van der Waals surface area (Å²) in [5, 5.41) is 0. The molecule has 1 aliphatic carbocycles. The van der Waals surface area contributed by atoms with Gasteiger partial charge in [0.05, 0.1) is 12.2 Å². The first-order valence-corrected chi connectivity index (χ1v) is 15.1. The van der Waals surface area contributed by atoms with Crippen molar-refractivity contribution < 1.29 is 37.0 Å². The predicted molar refractivity (Wildman–Crippen MR) is 152 cm³/mol. The van der Waals surface area contributed by atoms with E-state index in [0.717, 1.165) is 56.9 Å². The molecule has 1 atom stereocenters. The van der Waals surface area contributed by atoms with Gasteiger partial charge in [-0.1, -0.05) is 70.9 Å². The number of alkyl halides is 1. The number of halogens is 3. The van der Waals surface area contributed by atoms with E-state index in [4.69, 9.17) is 14.2 Å². The molecule has 1 saturated carbocycles. The van der Waals surface area contributed by atoms with Crippen molar-refractivity contribution in [1.82, 2.24) is 0 Å². The second kappa shape index (κ2) is 17.0. The van der Waals surface area contributed by atoms with Crippen LogP contribution in [-0.4, -0.2) is 30.8 Å². The van der Waals surface area contributed by atoms with Gasteiger partial charge < -0.3 is 14.2 Å². The Balaban J connectivity index is 1.46. The van der Waals surface area contributed by atoms with Gasteiger partial charge in [0.15, 0.2) is 17.7 Å². The lowest BCUT2D eigenvalue weighted by molar-refractivity contribution is -0.157. The number of carbonyl (C=O) groups excluding carboxylic acids is 2. The maximum absolute atomic E-state index is 14.6. The number of benzene rings is 2. The molecule has 8 heteroatoms. The van der Waals surface area contributed by atoms with Crippen molar-refractivity contribution in [2.24, 2.45) is 0 Å². The van der Waals surface area contributed by atoms with Crippen LogP contribution in [0.15, 0.2) is 36.4 Å². The van der Waals surface area contributed by atoms with E-state index < -0.39 is 35.3 Å². The molecule has 1 fully saturated rings. The fourth-order valence-corrected chi connectivity index (χ4v) is 5.09. The van der Waals surface area contributed by atoms with Gasteiger partial charge in [-0.05, 0) is 74.3 Å². The Bertz CT molecular complexity index is 1100. The van der Waals surface area contributed by atoms with Gasteiger partial charge in [0.1, 0.15) is 11.9 Å². The molecule has 0 bridgehead atoms. The molecule has 0 saturated heterocycles. The molecule has 0 spiro atoms. The summed E-state index contributed by atoms with van der Waals surface area (Å²) < 4.78 is 59.1. The molecular formula is C33H43F3O5. The molecule has 2 aromatic rings. The van der Waals surface area contributed by atoms with Gasteiger partial charge in [-0.15, -0.1) is 0 Å². The molecule has 3 rings (SSSR count). The van der Waals surface area contributed by atoms with Gasteiger partial charge >= 0.3 is 11.9 Å². The van der Waals surface area contributed by atoms with E-state index in [1.165, 1.54) is 18.6 Å². The summed E-state index contributed by atoms with van der Waals surface area (Å²) in [6, 6.07) is 9.32. The third-order valence-electron chi connectivity index (χ3n) is 7.61. The first-order valence-electron chi connectivity index (χ1n) is 15.1. The van der Waals surface area contributed by atoms with Crippen LogP contribution in [0, 0.1) is 11.6 Å². The Morgan fingerprint density at radius 2 is 1.49 bits per heavy atom. The molecule has 0 aliphatic heterocycles. The molecule has 0 N–H and O–H groups in total. The molecule has 2 aromatic carbocycles. The lowest BCUT2D eigenvalue weighted by Crippen LogP contribution is -2.28. The number of rotatable bonds is 16. The topological polar surface area (TPSA) is 61.8 Å². The maximum Gasteiger partial charge on any atom is 0.346 e. The van der Waals surface area contributed by atoms with Crippen molar-refractivity contribution in [2.75, 3.05) is 6.61 Å². The zero-order valence-corrected chi connectivity index (χ0v) is 24.3. The number of ether oxygens (including phenoxy) is 3. The molecule has 0 aromatic heterocycles. The highest BCUT2D eigenvalue weighted by Gasteiger charge is 2.28. The highest BCUT2D eigenvalue weighted by Crippen LogP contribution is 2.35. The van der Waals surface area contributed by atoms with E-state index in [1.54, 1.807) is 12.1 Å². The van der Waals surface area contributed by atoms with Gasteiger partial charge in [0.2, 0.25) is 5.82 Å². The van der Waals surface area contributed by atoms with Crippen LogP contribution in [0.3, 0.4) is 0 Å². The zero-order valence-electron chi connectivity index (χ0n) is 24.3. The van der Waals surface area contributed by atoms with Crippen LogP contribution in [-0.2, 0) is 9.53 Å². The smallest absolute Gasteiger partial charge is 0.346 e. The molecule has 0 unspecified atom stereocenters. The van der Waals surface area contributed by atoms with Gasteiger partial charge in [0, 0.05) is 0 Å². The molecule has 5 nitrogen and oxygen atoms in total. The Labute approximate surface area is 241 Å². The largest absolute Gasteiger partial charge is 0.490 e. The van der Waals surface area contributed by atoms with Crippen molar-refractivity contribution in [1.29, 1.82) is 0 Å². The lowest BCUT2D eigenvalue weighted by Gasteiger charge is -2.29. The van der Waals surface area contributed by atoms with Gasteiger partial charge in [-0.25, -0.2) is 18.4 Å². The summed E-state index contributed by atoms with van der Waals surface area (Å²) in [6.45, 7) is 4.37. The molecular weight excluding hydrogens is 533 g/mol. The number of esters is 2. The summed E-state index contributed by atoms with van der Waals surface area (Å²) in [5.41, 5.74) is 0.529. The zero-order chi connectivity index (χ0) is 29.6. The summed E-state index contributed by atoms with van der Waals surface area (Å²) in [5.74, 6) is -4.04. The number of hydrogen-bond donors (Lipinski definition) is 0. The van der Waals surface area contributed by atoms with Gasteiger partial charge in [0.25, 0.3) is 0 Å². The Hall–Kier alpha value is -3.03. The van der Waals surface area contributed by atoms with Crippen LogP contribution in [0.4, 0.5) is 13.2 Å². The highest BCUT2D eigenvalue weighted by molar-refractivity contribution is 5.91. The minimum absolute atomic E-state index is 0.197. The molecule has 0 heterocycles. The van der Waals surface area contributed by atoms with E-state index in [0.29, 0.717) is 19.3 Å². The highest BCUT2D eigenvalue weighted by atomic mass is 19.2. The van der Waals surface area contributed by atoms with E-state index in [9.17, 15) is 22.8 Å². The summed E-state index contributed by atoms with van der Waals surface area (Å²) >= 11 is 0.